The first-order valence-electron chi connectivity index (χ1n) is 4.77. The first kappa shape index (κ1) is 7.84. The Balaban J connectivity index is 1.84. The molecule has 0 saturated heterocycles. The van der Waals surface area contributed by atoms with E-state index in [2.05, 4.69) is 18.3 Å². The van der Waals surface area contributed by atoms with Crippen molar-refractivity contribution in [2.45, 2.75) is 38.6 Å². The Morgan fingerprint density at radius 1 is 1.67 bits per heavy atom. The van der Waals surface area contributed by atoms with Crippen LogP contribution in [0.25, 0.3) is 0 Å². The van der Waals surface area contributed by atoms with Crippen LogP contribution < -0.4 is 5.32 Å². The Labute approximate surface area is 73.0 Å². The number of carbonyl (C=O) groups is 1. The molecule has 2 heteroatoms. The van der Waals surface area contributed by atoms with Gasteiger partial charge in [0.25, 0.3) is 0 Å². The van der Waals surface area contributed by atoms with Gasteiger partial charge in [-0.2, -0.15) is 0 Å². The molecule has 2 aliphatic rings. The molecule has 1 amide bonds. The molecular formula is C10H15NO. The molecule has 1 N–H and O–H groups in total. The van der Waals surface area contributed by atoms with E-state index in [1.807, 2.05) is 0 Å². The van der Waals surface area contributed by atoms with Gasteiger partial charge in [0.2, 0.25) is 5.91 Å². The molecule has 2 nitrogen and oxygen atoms in total. The number of carbonyl (C=O) groups excluding carboxylic acids is 1. The van der Waals surface area contributed by atoms with Gasteiger partial charge in [-0.3, -0.25) is 4.79 Å². The zero-order chi connectivity index (χ0) is 8.55. The summed E-state index contributed by atoms with van der Waals surface area (Å²) in [6, 6.07) is 0.471. The van der Waals surface area contributed by atoms with Gasteiger partial charge in [0, 0.05) is 11.6 Å². The topological polar surface area (TPSA) is 29.1 Å². The summed E-state index contributed by atoms with van der Waals surface area (Å²) in [6.07, 6.45) is 6.46. The van der Waals surface area contributed by atoms with Crippen LogP contribution in [0.3, 0.4) is 0 Å². The van der Waals surface area contributed by atoms with E-state index in [-0.39, 0.29) is 5.91 Å². The maximum atomic E-state index is 11.5. The van der Waals surface area contributed by atoms with Crippen molar-refractivity contribution in [2.75, 3.05) is 0 Å². The third-order valence-corrected chi connectivity index (χ3v) is 2.76. The van der Waals surface area contributed by atoms with Crippen LogP contribution in [-0.2, 0) is 4.79 Å². The highest BCUT2D eigenvalue weighted by Gasteiger charge is 2.34. The fraction of sp³-hybridized carbons (Fsp3) is 0.700. The Morgan fingerprint density at radius 3 is 2.92 bits per heavy atom. The van der Waals surface area contributed by atoms with Crippen LogP contribution in [0.1, 0.15) is 32.6 Å². The van der Waals surface area contributed by atoms with Crippen LogP contribution >= 0.6 is 0 Å². The summed E-state index contributed by atoms with van der Waals surface area (Å²) in [5.74, 6) is 0.887. The van der Waals surface area contributed by atoms with E-state index in [0.29, 0.717) is 12.0 Å². The second kappa shape index (κ2) is 2.92. The molecule has 66 valence electrons. The van der Waals surface area contributed by atoms with Gasteiger partial charge in [0.15, 0.2) is 0 Å². The number of hydrogen-bond donors (Lipinski definition) is 1. The Kier molecular flexibility index (Phi) is 1.91. The van der Waals surface area contributed by atoms with Gasteiger partial charge >= 0.3 is 0 Å². The zero-order valence-corrected chi connectivity index (χ0v) is 7.47. The number of hydrogen-bond acceptors (Lipinski definition) is 1. The fourth-order valence-corrected chi connectivity index (χ4v) is 1.66. The quantitative estimate of drug-likeness (QED) is 0.662. The van der Waals surface area contributed by atoms with E-state index < -0.39 is 0 Å². The van der Waals surface area contributed by atoms with Gasteiger partial charge in [-0.05, 0) is 31.6 Å². The van der Waals surface area contributed by atoms with Gasteiger partial charge in [0.1, 0.15) is 0 Å². The van der Waals surface area contributed by atoms with Gasteiger partial charge < -0.3 is 5.32 Å². The van der Waals surface area contributed by atoms with Crippen molar-refractivity contribution in [3.8, 4) is 0 Å². The van der Waals surface area contributed by atoms with Crippen LogP contribution in [0.2, 0.25) is 0 Å². The standard InChI is InChI=1S/C10H15NO/c1-7-6-9(7)11-10(12)8-4-2-3-5-8/h4,7,9H,2-3,5-6H2,1H3,(H,11,12)/t7-,9-/m1/s1. The molecule has 0 bridgehead atoms. The summed E-state index contributed by atoms with van der Waals surface area (Å²) >= 11 is 0. The summed E-state index contributed by atoms with van der Waals surface area (Å²) in [5.41, 5.74) is 1.01. The largest absolute Gasteiger partial charge is 0.349 e. The number of amides is 1. The first-order chi connectivity index (χ1) is 5.77. The smallest absolute Gasteiger partial charge is 0.247 e. The van der Waals surface area contributed by atoms with E-state index >= 15 is 0 Å². The van der Waals surface area contributed by atoms with Gasteiger partial charge in [0.05, 0.1) is 0 Å². The van der Waals surface area contributed by atoms with E-state index in [4.69, 9.17) is 0 Å². The number of rotatable bonds is 2. The number of nitrogens with one attached hydrogen (secondary N) is 1. The molecule has 0 aromatic carbocycles. The molecular weight excluding hydrogens is 150 g/mol. The second-order valence-electron chi connectivity index (χ2n) is 3.91. The van der Waals surface area contributed by atoms with Gasteiger partial charge in [-0.15, -0.1) is 0 Å². The molecule has 12 heavy (non-hydrogen) atoms. The Bertz CT molecular complexity index is 232. The molecule has 2 atom stereocenters. The van der Waals surface area contributed by atoms with Crippen molar-refractivity contribution < 1.29 is 4.79 Å². The molecule has 0 aromatic heterocycles. The van der Waals surface area contributed by atoms with Gasteiger partial charge in [-0.1, -0.05) is 13.0 Å². The van der Waals surface area contributed by atoms with Crippen molar-refractivity contribution in [2.24, 2.45) is 5.92 Å². The third-order valence-electron chi connectivity index (χ3n) is 2.76. The molecule has 0 spiro atoms. The Hall–Kier alpha value is -0.790. The summed E-state index contributed by atoms with van der Waals surface area (Å²) in [5, 5.41) is 3.04. The van der Waals surface area contributed by atoms with Crippen molar-refractivity contribution in [1.82, 2.24) is 5.32 Å². The van der Waals surface area contributed by atoms with Gasteiger partial charge in [-0.25, -0.2) is 0 Å². The molecule has 0 unspecified atom stereocenters. The summed E-state index contributed by atoms with van der Waals surface area (Å²) in [7, 11) is 0. The first-order valence-corrected chi connectivity index (χ1v) is 4.77. The highest BCUT2D eigenvalue weighted by molar-refractivity contribution is 5.94. The average molecular weight is 165 g/mol. The molecule has 0 radical (unpaired) electrons. The number of allylic oxidation sites excluding steroid dienone is 1. The minimum atomic E-state index is 0.182. The lowest BCUT2D eigenvalue weighted by Crippen LogP contribution is -2.27. The normalized spacial score (nSPS) is 32.9. The monoisotopic (exact) mass is 165 g/mol. The lowest BCUT2D eigenvalue weighted by molar-refractivity contribution is -0.117. The summed E-state index contributed by atoms with van der Waals surface area (Å²) < 4.78 is 0. The van der Waals surface area contributed by atoms with Crippen molar-refractivity contribution in [3.05, 3.63) is 11.6 Å². The molecule has 2 aliphatic carbocycles. The molecule has 0 heterocycles. The van der Waals surface area contributed by atoms with Crippen LogP contribution in [-0.4, -0.2) is 11.9 Å². The summed E-state index contributed by atoms with van der Waals surface area (Å²) in [4.78, 5) is 11.5. The van der Waals surface area contributed by atoms with E-state index in [0.717, 1.165) is 24.8 Å². The van der Waals surface area contributed by atoms with Crippen molar-refractivity contribution in [1.29, 1.82) is 0 Å². The minimum Gasteiger partial charge on any atom is -0.349 e. The molecule has 0 aromatic rings. The lowest BCUT2D eigenvalue weighted by atomic mass is 10.2. The molecule has 2 rings (SSSR count). The fourth-order valence-electron chi connectivity index (χ4n) is 1.66. The minimum absolute atomic E-state index is 0.182. The molecule has 1 fully saturated rings. The zero-order valence-electron chi connectivity index (χ0n) is 7.47. The van der Waals surface area contributed by atoms with Crippen molar-refractivity contribution in [3.63, 3.8) is 0 Å². The second-order valence-corrected chi connectivity index (χ2v) is 3.91. The van der Waals surface area contributed by atoms with Crippen LogP contribution in [0, 0.1) is 5.92 Å². The van der Waals surface area contributed by atoms with Crippen molar-refractivity contribution >= 4 is 5.91 Å². The van der Waals surface area contributed by atoms with E-state index in [1.54, 1.807) is 0 Å². The van der Waals surface area contributed by atoms with Crippen LogP contribution in [0.15, 0.2) is 11.6 Å². The van der Waals surface area contributed by atoms with E-state index in [1.165, 1.54) is 6.42 Å². The highest BCUT2D eigenvalue weighted by atomic mass is 16.1. The predicted octanol–water partition coefficient (Wildman–Crippen LogP) is 1.62. The van der Waals surface area contributed by atoms with Crippen LogP contribution in [0.5, 0.6) is 0 Å². The third kappa shape index (κ3) is 1.52. The maximum absolute atomic E-state index is 11.5. The highest BCUT2D eigenvalue weighted by Crippen LogP contribution is 2.29. The average Bonchev–Trinajstić information content (AvgIpc) is 2.58. The maximum Gasteiger partial charge on any atom is 0.247 e. The van der Waals surface area contributed by atoms with Crippen LogP contribution in [0.4, 0.5) is 0 Å². The van der Waals surface area contributed by atoms with E-state index in [9.17, 15) is 4.79 Å². The Morgan fingerprint density at radius 2 is 2.42 bits per heavy atom. The predicted molar refractivity (Wildman–Crippen MR) is 47.6 cm³/mol. The lowest BCUT2D eigenvalue weighted by Gasteiger charge is -2.03. The SMILES string of the molecule is C[C@@H]1C[C@H]1NC(=O)C1=CCCC1. The summed E-state index contributed by atoms with van der Waals surface area (Å²) in [6.45, 7) is 2.17. The molecule has 1 saturated carbocycles. The molecule has 0 aliphatic heterocycles.